The van der Waals surface area contributed by atoms with E-state index in [-0.39, 0.29) is 11.8 Å². The Labute approximate surface area is 157 Å². The molecule has 1 aliphatic rings. The molecule has 3 aromatic rings. The normalized spacial score (nSPS) is 14.4. The summed E-state index contributed by atoms with van der Waals surface area (Å²) in [5.41, 5.74) is 3.03. The van der Waals surface area contributed by atoms with Crippen molar-refractivity contribution in [2.45, 2.75) is 32.1 Å². The van der Waals surface area contributed by atoms with Gasteiger partial charge in [-0.25, -0.2) is 0 Å². The second-order valence-corrected chi connectivity index (χ2v) is 7.08. The number of carbonyl (C=O) groups is 2. The number of H-pyrrole nitrogens is 1. The Morgan fingerprint density at radius 1 is 1.22 bits per heavy atom. The lowest BCUT2D eigenvalue weighted by molar-refractivity contribution is -0.127. The zero-order valence-corrected chi connectivity index (χ0v) is 15.3. The first-order valence-corrected chi connectivity index (χ1v) is 9.60. The van der Waals surface area contributed by atoms with Crippen LogP contribution in [0.15, 0.2) is 36.5 Å². The van der Waals surface area contributed by atoms with E-state index >= 15 is 0 Å². The Morgan fingerprint density at radius 3 is 2.96 bits per heavy atom. The number of nitrogens with zero attached hydrogens (tertiary/aromatic N) is 2. The van der Waals surface area contributed by atoms with Gasteiger partial charge in [0.05, 0.1) is 11.7 Å². The summed E-state index contributed by atoms with van der Waals surface area (Å²) in [4.78, 5) is 33.3. The summed E-state index contributed by atoms with van der Waals surface area (Å²) in [5, 5.41) is 5.27. The van der Waals surface area contributed by atoms with Crippen LogP contribution in [0.4, 0.5) is 0 Å². The van der Waals surface area contributed by atoms with Gasteiger partial charge in [0.25, 0.3) is 0 Å². The average Bonchev–Trinajstić information content (AvgIpc) is 3.26. The van der Waals surface area contributed by atoms with Crippen molar-refractivity contribution >= 4 is 33.6 Å². The van der Waals surface area contributed by atoms with Gasteiger partial charge in [0.1, 0.15) is 0 Å². The number of carbonyl (C=O) groups excluding carboxylic acids is 2. The minimum Gasteiger partial charge on any atom is -0.356 e. The summed E-state index contributed by atoms with van der Waals surface area (Å²) in [6.07, 6.45) is 5.31. The van der Waals surface area contributed by atoms with E-state index in [1.807, 2.05) is 23.2 Å². The third-order valence-electron chi connectivity index (χ3n) is 5.15. The van der Waals surface area contributed by atoms with Crippen molar-refractivity contribution in [3.63, 3.8) is 0 Å². The minimum absolute atomic E-state index is 0.0311. The van der Waals surface area contributed by atoms with Crippen molar-refractivity contribution in [2.75, 3.05) is 19.6 Å². The van der Waals surface area contributed by atoms with Crippen molar-refractivity contribution < 1.29 is 9.59 Å². The first-order chi connectivity index (χ1) is 13.2. The van der Waals surface area contributed by atoms with E-state index in [0.29, 0.717) is 25.8 Å². The number of benzene rings is 1. The number of amides is 2. The SMILES string of the molecule is O=C(CCc1cc2c(cn1)[nH]c1ccccc12)NCCCN1CCCC1=O. The molecular weight excluding hydrogens is 340 g/mol. The summed E-state index contributed by atoms with van der Waals surface area (Å²) < 4.78 is 0. The first kappa shape index (κ1) is 17.5. The van der Waals surface area contributed by atoms with Gasteiger partial charge in [-0.05, 0) is 31.4 Å². The van der Waals surface area contributed by atoms with Gasteiger partial charge in [0.15, 0.2) is 0 Å². The van der Waals surface area contributed by atoms with Crippen LogP contribution in [0, 0.1) is 0 Å². The molecule has 0 aliphatic carbocycles. The number of hydrogen-bond acceptors (Lipinski definition) is 3. The zero-order chi connectivity index (χ0) is 18.6. The fourth-order valence-corrected chi connectivity index (χ4v) is 3.70. The molecule has 0 unspecified atom stereocenters. The Balaban J connectivity index is 1.27. The number of fused-ring (bicyclic) bond motifs is 3. The van der Waals surface area contributed by atoms with E-state index in [1.165, 1.54) is 5.39 Å². The summed E-state index contributed by atoms with van der Waals surface area (Å²) in [7, 11) is 0. The van der Waals surface area contributed by atoms with Crippen LogP contribution in [-0.2, 0) is 16.0 Å². The van der Waals surface area contributed by atoms with Crippen LogP contribution in [-0.4, -0.2) is 46.3 Å². The van der Waals surface area contributed by atoms with Crippen molar-refractivity contribution in [1.29, 1.82) is 0 Å². The largest absolute Gasteiger partial charge is 0.356 e. The molecule has 6 heteroatoms. The monoisotopic (exact) mass is 364 g/mol. The molecule has 1 saturated heterocycles. The van der Waals surface area contributed by atoms with E-state index in [4.69, 9.17) is 0 Å². The molecule has 0 radical (unpaired) electrons. The highest BCUT2D eigenvalue weighted by Crippen LogP contribution is 2.25. The molecule has 27 heavy (non-hydrogen) atoms. The molecule has 3 heterocycles. The van der Waals surface area contributed by atoms with Crippen LogP contribution in [0.3, 0.4) is 0 Å². The predicted octanol–water partition coefficient (Wildman–Crippen LogP) is 2.78. The van der Waals surface area contributed by atoms with Gasteiger partial charge in [-0.2, -0.15) is 0 Å². The lowest BCUT2D eigenvalue weighted by Gasteiger charge is -2.15. The van der Waals surface area contributed by atoms with Gasteiger partial charge < -0.3 is 15.2 Å². The lowest BCUT2D eigenvalue weighted by atomic mass is 10.1. The quantitative estimate of drug-likeness (QED) is 0.633. The second kappa shape index (κ2) is 7.78. The van der Waals surface area contributed by atoms with Crippen molar-refractivity contribution in [2.24, 2.45) is 0 Å². The minimum atomic E-state index is 0.0311. The Morgan fingerprint density at radius 2 is 2.11 bits per heavy atom. The zero-order valence-electron chi connectivity index (χ0n) is 15.3. The van der Waals surface area contributed by atoms with Gasteiger partial charge in [-0.15, -0.1) is 0 Å². The number of aromatic nitrogens is 2. The molecule has 1 fully saturated rings. The molecule has 4 rings (SSSR count). The molecule has 0 atom stereocenters. The smallest absolute Gasteiger partial charge is 0.222 e. The number of likely N-dealkylation sites (tertiary alicyclic amines) is 1. The number of nitrogens with one attached hydrogen (secondary N) is 2. The van der Waals surface area contributed by atoms with E-state index < -0.39 is 0 Å². The second-order valence-electron chi connectivity index (χ2n) is 7.08. The maximum Gasteiger partial charge on any atom is 0.222 e. The maximum atomic E-state index is 12.1. The Hall–Kier alpha value is -2.89. The Bertz CT molecular complexity index is 979. The molecule has 2 amide bonds. The highest BCUT2D eigenvalue weighted by Gasteiger charge is 2.19. The third kappa shape index (κ3) is 3.94. The van der Waals surface area contributed by atoms with Gasteiger partial charge in [-0.1, -0.05) is 18.2 Å². The summed E-state index contributed by atoms with van der Waals surface area (Å²) >= 11 is 0. The van der Waals surface area contributed by atoms with Crippen LogP contribution in [0.2, 0.25) is 0 Å². The Kier molecular flexibility index (Phi) is 5.05. The molecule has 1 aromatic carbocycles. The van der Waals surface area contributed by atoms with Crippen molar-refractivity contribution in [3.8, 4) is 0 Å². The van der Waals surface area contributed by atoms with E-state index in [2.05, 4.69) is 33.5 Å². The predicted molar refractivity (Wildman–Crippen MR) is 105 cm³/mol. The molecule has 2 N–H and O–H groups in total. The van der Waals surface area contributed by atoms with Crippen LogP contribution in [0.25, 0.3) is 21.8 Å². The van der Waals surface area contributed by atoms with E-state index in [1.54, 1.807) is 0 Å². The molecule has 1 aliphatic heterocycles. The van der Waals surface area contributed by atoms with E-state index in [9.17, 15) is 9.59 Å². The summed E-state index contributed by atoms with van der Waals surface area (Å²) in [6, 6.07) is 10.3. The van der Waals surface area contributed by atoms with Gasteiger partial charge in [-0.3, -0.25) is 14.6 Å². The number of aryl methyl sites for hydroxylation is 1. The third-order valence-corrected chi connectivity index (χ3v) is 5.15. The van der Waals surface area contributed by atoms with E-state index in [0.717, 1.165) is 48.0 Å². The number of pyridine rings is 1. The maximum absolute atomic E-state index is 12.1. The highest BCUT2D eigenvalue weighted by molar-refractivity contribution is 6.06. The van der Waals surface area contributed by atoms with Crippen molar-refractivity contribution in [1.82, 2.24) is 20.2 Å². The van der Waals surface area contributed by atoms with Gasteiger partial charge in [0, 0.05) is 54.5 Å². The summed E-state index contributed by atoms with van der Waals surface area (Å²) in [6.45, 7) is 2.20. The molecule has 6 nitrogen and oxygen atoms in total. The molecule has 0 spiro atoms. The topological polar surface area (TPSA) is 78.1 Å². The number of para-hydroxylation sites is 1. The first-order valence-electron chi connectivity index (χ1n) is 9.60. The van der Waals surface area contributed by atoms with Crippen LogP contribution in [0.5, 0.6) is 0 Å². The molecule has 0 saturated carbocycles. The highest BCUT2D eigenvalue weighted by atomic mass is 16.2. The van der Waals surface area contributed by atoms with Crippen LogP contribution in [0.1, 0.15) is 31.4 Å². The standard InChI is InChI=1S/C21H24N4O2/c26-20(22-10-4-12-25-11-3-7-21(25)27)9-8-15-13-17-16-5-1-2-6-18(16)24-19(17)14-23-15/h1-2,5-6,13-14,24H,3-4,7-12H2,(H,22,26). The van der Waals surface area contributed by atoms with Crippen LogP contribution < -0.4 is 5.32 Å². The number of aromatic amines is 1. The van der Waals surface area contributed by atoms with Crippen LogP contribution >= 0.6 is 0 Å². The average molecular weight is 364 g/mol. The fourth-order valence-electron chi connectivity index (χ4n) is 3.70. The lowest BCUT2D eigenvalue weighted by Crippen LogP contribution is -2.30. The fraction of sp³-hybridized carbons (Fsp3) is 0.381. The molecular formula is C21H24N4O2. The van der Waals surface area contributed by atoms with Gasteiger partial charge >= 0.3 is 0 Å². The number of hydrogen-bond donors (Lipinski definition) is 2. The van der Waals surface area contributed by atoms with Gasteiger partial charge in [0.2, 0.25) is 11.8 Å². The number of rotatable bonds is 7. The van der Waals surface area contributed by atoms with Crippen molar-refractivity contribution in [3.05, 3.63) is 42.2 Å². The molecule has 2 aromatic heterocycles. The molecule has 0 bridgehead atoms. The summed E-state index contributed by atoms with van der Waals surface area (Å²) in [5.74, 6) is 0.267. The molecule has 140 valence electrons.